The van der Waals surface area contributed by atoms with Crippen LogP contribution in [0.2, 0.25) is 0 Å². The molecule has 1 aliphatic heterocycles. The van der Waals surface area contributed by atoms with Crippen molar-refractivity contribution in [2.45, 2.75) is 19.4 Å². The van der Waals surface area contributed by atoms with E-state index in [1.807, 2.05) is 12.1 Å². The van der Waals surface area contributed by atoms with Crippen LogP contribution >= 0.6 is 12.4 Å². The molecule has 160 valence electrons. The van der Waals surface area contributed by atoms with Crippen molar-refractivity contribution in [3.05, 3.63) is 72.3 Å². The van der Waals surface area contributed by atoms with Crippen molar-refractivity contribution >= 4 is 24.0 Å². The van der Waals surface area contributed by atoms with Gasteiger partial charge in [0.1, 0.15) is 18.1 Å². The Kier molecular flexibility index (Phi) is 9.38. The van der Waals surface area contributed by atoms with Crippen molar-refractivity contribution in [3.8, 4) is 11.5 Å². The first kappa shape index (κ1) is 23.4. The highest BCUT2D eigenvalue weighted by Crippen LogP contribution is 2.23. The number of piperidine rings is 1. The Bertz CT molecular complexity index is 841. The van der Waals surface area contributed by atoms with E-state index in [-0.39, 0.29) is 18.3 Å². The molecule has 1 heterocycles. The molecule has 0 bridgehead atoms. The molecule has 0 aromatic heterocycles. The molecule has 0 unspecified atom stereocenters. The minimum Gasteiger partial charge on any atom is -0.457 e. The summed E-state index contributed by atoms with van der Waals surface area (Å²) in [5.41, 5.74) is 2.97. The quantitative estimate of drug-likeness (QED) is 0.383. The van der Waals surface area contributed by atoms with Crippen LogP contribution in [0.25, 0.3) is 0 Å². The van der Waals surface area contributed by atoms with Crippen molar-refractivity contribution in [2.75, 3.05) is 26.7 Å². The number of nitrogens with one attached hydrogen (secondary N) is 1. The van der Waals surface area contributed by atoms with Gasteiger partial charge in [-0.2, -0.15) is 0 Å². The molecule has 0 radical (unpaired) electrons. The summed E-state index contributed by atoms with van der Waals surface area (Å²) in [5, 5.41) is 6.77. The number of oxime groups is 1. The topological polar surface area (TPSA) is 63.2 Å². The Morgan fingerprint density at radius 1 is 1.10 bits per heavy atom. The third-order valence-corrected chi connectivity index (χ3v) is 4.73. The van der Waals surface area contributed by atoms with Crippen LogP contribution in [0.3, 0.4) is 0 Å². The molecule has 0 aliphatic carbocycles. The summed E-state index contributed by atoms with van der Waals surface area (Å²) in [4.78, 5) is 19.2. The van der Waals surface area contributed by atoms with E-state index in [0.29, 0.717) is 17.9 Å². The first-order chi connectivity index (χ1) is 14.2. The van der Waals surface area contributed by atoms with Gasteiger partial charge in [0.25, 0.3) is 5.91 Å². The van der Waals surface area contributed by atoms with Crippen molar-refractivity contribution < 1.29 is 14.4 Å². The lowest BCUT2D eigenvalue weighted by Crippen LogP contribution is -2.33. The zero-order valence-electron chi connectivity index (χ0n) is 17.2. The summed E-state index contributed by atoms with van der Waals surface area (Å²) in [6.07, 6.45) is 3.57. The number of carbonyl (C=O) groups is 1. The zero-order chi connectivity index (χ0) is 20.5. The van der Waals surface area contributed by atoms with E-state index >= 15 is 0 Å². The van der Waals surface area contributed by atoms with Crippen LogP contribution in [-0.4, -0.2) is 43.3 Å². The molecule has 1 N–H and O–H groups in total. The van der Waals surface area contributed by atoms with E-state index in [1.165, 1.54) is 5.56 Å². The third kappa shape index (κ3) is 6.90. The van der Waals surface area contributed by atoms with Crippen molar-refractivity contribution in [2.24, 2.45) is 5.16 Å². The molecule has 1 amide bonds. The van der Waals surface area contributed by atoms with Crippen LogP contribution in [0, 0.1) is 0 Å². The highest BCUT2D eigenvalue weighted by Gasteiger charge is 2.15. The summed E-state index contributed by atoms with van der Waals surface area (Å²) >= 11 is 0. The second-order valence-electron chi connectivity index (χ2n) is 6.87. The number of amides is 1. The third-order valence-electron chi connectivity index (χ3n) is 4.73. The Morgan fingerprint density at radius 2 is 1.70 bits per heavy atom. The van der Waals surface area contributed by atoms with Gasteiger partial charge in [-0.3, -0.25) is 9.69 Å². The highest BCUT2D eigenvalue weighted by atomic mass is 35.5. The van der Waals surface area contributed by atoms with E-state index in [9.17, 15) is 4.79 Å². The van der Waals surface area contributed by atoms with Crippen molar-refractivity contribution in [1.29, 1.82) is 0 Å². The lowest BCUT2D eigenvalue weighted by molar-refractivity contribution is 0.0963. The fourth-order valence-electron chi connectivity index (χ4n) is 3.12. The number of ether oxygens (including phenoxy) is 1. The Morgan fingerprint density at radius 3 is 2.27 bits per heavy atom. The lowest BCUT2D eigenvalue weighted by Gasteiger charge is -2.27. The molecule has 6 nitrogen and oxygen atoms in total. The first-order valence-electron chi connectivity index (χ1n) is 9.78. The molecular weight excluding hydrogens is 402 g/mol. The average molecular weight is 430 g/mol. The number of carbonyl (C=O) groups excluding carboxylic acids is 1. The van der Waals surface area contributed by atoms with Gasteiger partial charge < -0.3 is 14.9 Å². The maximum Gasteiger partial charge on any atom is 0.251 e. The normalized spacial score (nSPS) is 13.7. The summed E-state index contributed by atoms with van der Waals surface area (Å²) in [5.74, 6) is 1.36. The van der Waals surface area contributed by atoms with Gasteiger partial charge in [-0.05, 0) is 42.0 Å². The molecule has 0 spiro atoms. The first-order valence-corrected chi connectivity index (χ1v) is 9.78. The number of benzene rings is 2. The number of likely N-dealkylation sites (tertiary alicyclic amines) is 1. The Hall–Kier alpha value is -2.83. The number of rotatable bonds is 8. The summed E-state index contributed by atoms with van der Waals surface area (Å²) < 4.78 is 5.87. The number of hydrogen-bond donors (Lipinski definition) is 1. The van der Waals surface area contributed by atoms with E-state index in [1.54, 1.807) is 37.4 Å². The van der Waals surface area contributed by atoms with Gasteiger partial charge >= 0.3 is 0 Å². The molecule has 1 saturated heterocycles. The van der Waals surface area contributed by atoms with E-state index in [4.69, 9.17) is 9.57 Å². The maximum atomic E-state index is 11.6. The SMILES string of the molecule is C=CCON=C1CCN(Cc2ccc(Oc3ccc(C(=O)NC)cc3)cc2)CC1.Cl. The maximum absolute atomic E-state index is 11.6. The molecule has 0 saturated carbocycles. The molecule has 30 heavy (non-hydrogen) atoms. The number of nitrogens with zero attached hydrogens (tertiary/aromatic N) is 2. The predicted octanol–water partition coefficient (Wildman–Crippen LogP) is 4.41. The summed E-state index contributed by atoms with van der Waals surface area (Å²) in [6.45, 7) is 6.94. The van der Waals surface area contributed by atoms with Crippen LogP contribution in [0.5, 0.6) is 11.5 Å². The molecule has 1 fully saturated rings. The minimum absolute atomic E-state index is 0. The summed E-state index contributed by atoms with van der Waals surface area (Å²) in [7, 11) is 1.61. The van der Waals surface area contributed by atoms with Gasteiger partial charge in [-0.15, -0.1) is 12.4 Å². The van der Waals surface area contributed by atoms with Gasteiger partial charge in [0, 0.05) is 45.1 Å². The van der Waals surface area contributed by atoms with Gasteiger partial charge in [-0.1, -0.05) is 29.9 Å². The zero-order valence-corrected chi connectivity index (χ0v) is 18.0. The molecule has 2 aromatic rings. The smallest absolute Gasteiger partial charge is 0.251 e. The highest BCUT2D eigenvalue weighted by molar-refractivity contribution is 5.94. The standard InChI is InChI=1S/C23H27N3O3.ClH/c1-3-16-28-25-20-12-14-26(15-13-20)17-18-4-8-21(9-5-18)29-22-10-6-19(7-11-22)23(27)24-2;/h3-11H,1,12-17H2,2H3,(H,24,27);1H. The fourth-order valence-corrected chi connectivity index (χ4v) is 3.12. The van der Waals surface area contributed by atoms with Gasteiger partial charge in [-0.25, -0.2) is 0 Å². The second kappa shape index (κ2) is 12.0. The van der Waals surface area contributed by atoms with Crippen LogP contribution in [0.1, 0.15) is 28.8 Å². The van der Waals surface area contributed by atoms with Crippen LogP contribution in [0.4, 0.5) is 0 Å². The largest absolute Gasteiger partial charge is 0.457 e. The van der Waals surface area contributed by atoms with Gasteiger partial charge in [0.2, 0.25) is 0 Å². The molecule has 1 aliphatic rings. The van der Waals surface area contributed by atoms with Gasteiger partial charge in [0.15, 0.2) is 0 Å². The average Bonchev–Trinajstić information content (AvgIpc) is 2.76. The second-order valence-corrected chi connectivity index (χ2v) is 6.87. The Labute approximate surface area is 184 Å². The fraction of sp³-hybridized carbons (Fsp3) is 0.304. The van der Waals surface area contributed by atoms with Crippen LogP contribution < -0.4 is 10.1 Å². The number of hydrogen-bond acceptors (Lipinski definition) is 5. The minimum atomic E-state index is -0.110. The number of halogens is 1. The van der Waals surface area contributed by atoms with E-state index in [2.05, 4.69) is 34.1 Å². The van der Waals surface area contributed by atoms with Crippen molar-refractivity contribution in [3.63, 3.8) is 0 Å². The van der Waals surface area contributed by atoms with E-state index in [0.717, 1.165) is 43.9 Å². The molecule has 3 rings (SSSR count). The van der Waals surface area contributed by atoms with Gasteiger partial charge in [0.05, 0.1) is 5.71 Å². The summed E-state index contributed by atoms with van der Waals surface area (Å²) in [6, 6.07) is 15.2. The molecule has 2 aromatic carbocycles. The van der Waals surface area contributed by atoms with E-state index < -0.39 is 0 Å². The lowest BCUT2D eigenvalue weighted by atomic mass is 10.1. The predicted molar refractivity (Wildman–Crippen MR) is 122 cm³/mol. The Balaban J connectivity index is 0.00000320. The molecule has 7 heteroatoms. The van der Waals surface area contributed by atoms with Crippen LogP contribution in [0.15, 0.2) is 66.3 Å². The van der Waals surface area contributed by atoms with Crippen LogP contribution in [-0.2, 0) is 11.4 Å². The molecule has 0 atom stereocenters. The molecular formula is C23H28ClN3O3. The van der Waals surface area contributed by atoms with Crippen molar-refractivity contribution in [1.82, 2.24) is 10.2 Å². The monoisotopic (exact) mass is 429 g/mol.